The Morgan fingerprint density at radius 3 is 2.64 bits per heavy atom. The van der Waals surface area contributed by atoms with Crippen LogP contribution in [0.15, 0.2) is 24.3 Å². The van der Waals surface area contributed by atoms with Crippen molar-refractivity contribution in [3.8, 4) is 0 Å². The van der Waals surface area contributed by atoms with E-state index in [1.807, 2.05) is 12.1 Å². The summed E-state index contributed by atoms with van der Waals surface area (Å²) in [5.41, 5.74) is 1.00. The third-order valence-corrected chi connectivity index (χ3v) is 5.05. The Morgan fingerprint density at radius 2 is 2.00 bits per heavy atom. The van der Waals surface area contributed by atoms with Crippen LogP contribution in [0.25, 0.3) is 0 Å². The Balaban J connectivity index is 1.54. The highest BCUT2D eigenvalue weighted by Gasteiger charge is 2.42. The highest BCUT2D eigenvalue weighted by atomic mass is 19.1. The van der Waals surface area contributed by atoms with E-state index < -0.39 is 0 Å². The number of hydrogen-bond donors (Lipinski definition) is 3. The lowest BCUT2D eigenvalue weighted by Crippen LogP contribution is -2.45. The van der Waals surface area contributed by atoms with Crippen molar-refractivity contribution in [1.29, 1.82) is 0 Å². The van der Waals surface area contributed by atoms with Crippen molar-refractivity contribution in [2.75, 3.05) is 13.2 Å². The lowest BCUT2D eigenvalue weighted by molar-refractivity contribution is 0.201. The molecular weight excluding hydrogens is 283 g/mol. The zero-order valence-corrected chi connectivity index (χ0v) is 12.6. The number of hydrogen-bond acceptors (Lipinski definition) is 2. The Labute approximate surface area is 130 Å². The molecule has 2 atom stereocenters. The fraction of sp³-hybridized carbons (Fsp3) is 0.588. The summed E-state index contributed by atoms with van der Waals surface area (Å²) in [5.74, 6) is 0.0156. The van der Waals surface area contributed by atoms with Gasteiger partial charge in [-0.1, -0.05) is 18.6 Å². The van der Waals surface area contributed by atoms with Gasteiger partial charge in [-0.05, 0) is 43.4 Å². The number of rotatable bonds is 5. The highest BCUT2D eigenvalue weighted by molar-refractivity contribution is 5.74. The number of urea groups is 1. The maximum atomic E-state index is 13.0. The summed E-state index contributed by atoms with van der Waals surface area (Å²) in [6.07, 6.45) is 4.97. The van der Waals surface area contributed by atoms with E-state index in [1.54, 1.807) is 0 Å². The lowest BCUT2D eigenvalue weighted by Gasteiger charge is -2.22. The van der Waals surface area contributed by atoms with E-state index in [9.17, 15) is 14.3 Å². The molecule has 3 N–H and O–H groups in total. The third kappa shape index (κ3) is 3.40. The number of carbonyl (C=O) groups is 1. The molecule has 2 aliphatic carbocycles. The maximum Gasteiger partial charge on any atom is 0.315 e. The summed E-state index contributed by atoms with van der Waals surface area (Å²) >= 11 is 0. The molecule has 2 saturated carbocycles. The molecule has 0 bridgehead atoms. The van der Waals surface area contributed by atoms with E-state index in [-0.39, 0.29) is 35.8 Å². The topological polar surface area (TPSA) is 61.4 Å². The fourth-order valence-corrected chi connectivity index (χ4v) is 3.30. The molecule has 1 aromatic rings. The predicted molar refractivity (Wildman–Crippen MR) is 82.1 cm³/mol. The largest absolute Gasteiger partial charge is 0.396 e. The Bertz CT molecular complexity index is 528. The number of nitrogens with one attached hydrogen (secondary N) is 2. The van der Waals surface area contributed by atoms with Gasteiger partial charge in [0.05, 0.1) is 6.61 Å². The minimum atomic E-state index is -0.234. The van der Waals surface area contributed by atoms with Crippen LogP contribution in [0, 0.1) is 11.2 Å². The van der Waals surface area contributed by atoms with E-state index in [4.69, 9.17) is 0 Å². The molecule has 0 aliphatic heterocycles. The smallest absolute Gasteiger partial charge is 0.315 e. The van der Waals surface area contributed by atoms with Gasteiger partial charge in [-0.15, -0.1) is 0 Å². The van der Waals surface area contributed by atoms with Crippen LogP contribution in [-0.4, -0.2) is 30.3 Å². The molecule has 0 radical (unpaired) electrons. The Morgan fingerprint density at radius 1 is 1.27 bits per heavy atom. The SMILES string of the molecule is O=C(NCC1(CO)CC1)N[C@H]1CCC[C@@H]1c1ccc(F)cc1. The normalized spacial score (nSPS) is 25.7. The first-order valence-corrected chi connectivity index (χ1v) is 8.03. The average Bonchev–Trinajstić information content (AvgIpc) is 3.18. The molecule has 22 heavy (non-hydrogen) atoms. The summed E-state index contributed by atoms with van der Waals surface area (Å²) in [4.78, 5) is 12.1. The summed E-state index contributed by atoms with van der Waals surface area (Å²) in [5, 5.41) is 15.2. The molecule has 1 aromatic carbocycles. The zero-order chi connectivity index (χ0) is 15.6. The molecular formula is C17H23FN2O2. The van der Waals surface area contributed by atoms with Gasteiger partial charge in [0, 0.05) is 23.9 Å². The minimum absolute atomic E-state index is 0.0800. The van der Waals surface area contributed by atoms with Crippen LogP contribution in [0.5, 0.6) is 0 Å². The van der Waals surface area contributed by atoms with Crippen LogP contribution in [0.1, 0.15) is 43.6 Å². The van der Waals surface area contributed by atoms with E-state index in [2.05, 4.69) is 10.6 Å². The molecule has 2 fully saturated rings. The van der Waals surface area contributed by atoms with Crippen LogP contribution in [0.2, 0.25) is 0 Å². The summed E-state index contributed by atoms with van der Waals surface area (Å²) in [7, 11) is 0. The van der Waals surface area contributed by atoms with Gasteiger partial charge in [-0.2, -0.15) is 0 Å². The monoisotopic (exact) mass is 306 g/mol. The van der Waals surface area contributed by atoms with Crippen molar-refractivity contribution in [1.82, 2.24) is 10.6 Å². The van der Waals surface area contributed by atoms with Crippen molar-refractivity contribution in [2.24, 2.45) is 5.41 Å². The Hall–Kier alpha value is -1.62. The quantitative estimate of drug-likeness (QED) is 0.783. The molecule has 0 unspecified atom stereocenters. The van der Waals surface area contributed by atoms with Crippen molar-refractivity contribution < 1.29 is 14.3 Å². The molecule has 2 aliphatic rings. The molecule has 5 heteroatoms. The van der Waals surface area contributed by atoms with Crippen LogP contribution >= 0.6 is 0 Å². The number of aliphatic hydroxyl groups is 1. The second kappa shape index (κ2) is 6.24. The first-order valence-electron chi connectivity index (χ1n) is 8.03. The molecule has 0 saturated heterocycles. The molecule has 4 nitrogen and oxygen atoms in total. The summed E-state index contributed by atoms with van der Waals surface area (Å²) < 4.78 is 13.0. The van der Waals surface area contributed by atoms with Crippen molar-refractivity contribution in [3.63, 3.8) is 0 Å². The van der Waals surface area contributed by atoms with Crippen LogP contribution in [0.4, 0.5) is 9.18 Å². The van der Waals surface area contributed by atoms with E-state index in [0.717, 1.165) is 37.7 Å². The number of carbonyl (C=O) groups excluding carboxylic acids is 1. The highest BCUT2D eigenvalue weighted by Crippen LogP contribution is 2.44. The van der Waals surface area contributed by atoms with Crippen molar-refractivity contribution in [2.45, 2.75) is 44.1 Å². The van der Waals surface area contributed by atoms with Gasteiger partial charge in [0.1, 0.15) is 5.82 Å². The van der Waals surface area contributed by atoms with Crippen LogP contribution < -0.4 is 10.6 Å². The second-order valence-electron chi connectivity index (χ2n) is 6.68. The first-order chi connectivity index (χ1) is 10.6. The van der Waals surface area contributed by atoms with Gasteiger partial charge in [0.2, 0.25) is 0 Å². The lowest BCUT2D eigenvalue weighted by atomic mass is 9.94. The standard InChI is InChI=1S/C17H23FN2O2/c18-13-6-4-12(5-7-13)14-2-1-3-15(14)20-16(22)19-10-17(11-21)8-9-17/h4-7,14-15,21H,1-3,8-11H2,(H2,19,20,22)/t14-,15+/m1/s1. The van der Waals surface area contributed by atoms with Gasteiger partial charge in [-0.3, -0.25) is 0 Å². The van der Waals surface area contributed by atoms with Gasteiger partial charge >= 0.3 is 6.03 Å². The van der Waals surface area contributed by atoms with Crippen LogP contribution in [-0.2, 0) is 0 Å². The van der Waals surface area contributed by atoms with Gasteiger partial charge < -0.3 is 15.7 Å². The number of amides is 2. The maximum absolute atomic E-state index is 13.0. The molecule has 0 spiro atoms. The zero-order valence-electron chi connectivity index (χ0n) is 12.6. The molecule has 0 heterocycles. The summed E-state index contributed by atoms with van der Waals surface area (Å²) in [6, 6.07) is 6.49. The number of halogens is 1. The molecule has 0 aromatic heterocycles. The molecule has 120 valence electrons. The third-order valence-electron chi connectivity index (χ3n) is 5.05. The minimum Gasteiger partial charge on any atom is -0.396 e. The van der Waals surface area contributed by atoms with Crippen molar-refractivity contribution in [3.05, 3.63) is 35.6 Å². The molecule has 2 amide bonds. The number of aliphatic hydroxyl groups excluding tert-OH is 1. The first kappa shape index (κ1) is 15.3. The second-order valence-corrected chi connectivity index (χ2v) is 6.68. The van der Waals surface area contributed by atoms with E-state index in [0.29, 0.717) is 6.54 Å². The van der Waals surface area contributed by atoms with Crippen LogP contribution in [0.3, 0.4) is 0 Å². The fourth-order valence-electron chi connectivity index (χ4n) is 3.30. The predicted octanol–water partition coefficient (Wildman–Crippen LogP) is 2.53. The van der Waals surface area contributed by atoms with Crippen molar-refractivity contribution >= 4 is 6.03 Å². The van der Waals surface area contributed by atoms with Gasteiger partial charge in [-0.25, -0.2) is 9.18 Å². The summed E-state index contributed by atoms with van der Waals surface area (Å²) in [6.45, 7) is 0.665. The van der Waals surface area contributed by atoms with Gasteiger partial charge in [0.25, 0.3) is 0 Å². The van der Waals surface area contributed by atoms with Gasteiger partial charge in [0.15, 0.2) is 0 Å². The molecule has 3 rings (SSSR count). The van der Waals surface area contributed by atoms with E-state index >= 15 is 0 Å². The Kier molecular flexibility index (Phi) is 4.34. The van der Waals surface area contributed by atoms with E-state index in [1.165, 1.54) is 12.1 Å². The average molecular weight is 306 g/mol. The number of benzene rings is 1.